The van der Waals surface area contributed by atoms with Gasteiger partial charge >= 0.3 is 11.9 Å². The molecule has 0 aliphatic heterocycles. The molecular weight excluding hydrogens is 263 g/mol. The van der Waals surface area contributed by atoms with E-state index in [0.717, 1.165) is 12.8 Å². The van der Waals surface area contributed by atoms with Crippen molar-refractivity contribution in [3.05, 3.63) is 35.4 Å². The predicted octanol–water partition coefficient (Wildman–Crippen LogP) is 2.34. The number of carboxylic acids is 1. The predicted molar refractivity (Wildman–Crippen MR) is 58.6 cm³/mol. The Hall–Kier alpha value is -1.32. The van der Waals surface area contributed by atoms with Crippen LogP contribution >= 0.6 is 0 Å². The largest absolute Gasteiger partial charge is 0.478 e. The van der Waals surface area contributed by atoms with Crippen LogP contribution in [0.3, 0.4) is 0 Å². The van der Waals surface area contributed by atoms with E-state index in [9.17, 15) is 9.59 Å². The van der Waals surface area contributed by atoms with Crippen molar-refractivity contribution >= 4 is 11.9 Å². The van der Waals surface area contributed by atoms with Crippen LogP contribution in [-0.4, -0.2) is 23.7 Å². The van der Waals surface area contributed by atoms with Crippen LogP contribution in [0.2, 0.25) is 0 Å². The first kappa shape index (κ1) is 15.7. The van der Waals surface area contributed by atoms with Gasteiger partial charge in [-0.3, -0.25) is 0 Å². The summed E-state index contributed by atoms with van der Waals surface area (Å²) >= 11 is 0. The number of esters is 1. The number of carboxylic acid groups (broad SMARTS) is 1. The molecule has 1 aromatic carbocycles. The summed E-state index contributed by atoms with van der Waals surface area (Å²) in [6.07, 6.45) is 1.70. The molecule has 1 aromatic rings. The Morgan fingerprint density at radius 2 is 1.82 bits per heavy atom. The fourth-order valence-electron chi connectivity index (χ4n) is 1.23. The van der Waals surface area contributed by atoms with Crippen LogP contribution in [-0.2, 0) is 21.8 Å². The molecule has 4 nitrogen and oxygen atoms in total. The monoisotopic (exact) mass is 277 g/mol. The number of carbonyl (C=O) groups excluding carboxylic acids is 1. The maximum Gasteiger partial charge on any atom is 0.339 e. The van der Waals surface area contributed by atoms with Crippen molar-refractivity contribution in [2.24, 2.45) is 0 Å². The van der Waals surface area contributed by atoms with Crippen molar-refractivity contribution < 1.29 is 36.5 Å². The fourth-order valence-corrected chi connectivity index (χ4v) is 1.23. The van der Waals surface area contributed by atoms with Gasteiger partial charge < -0.3 is 9.84 Å². The van der Waals surface area contributed by atoms with Gasteiger partial charge in [0.15, 0.2) is 0 Å². The van der Waals surface area contributed by atoms with Crippen molar-refractivity contribution in [1.82, 2.24) is 0 Å². The molecule has 0 aliphatic rings. The summed E-state index contributed by atoms with van der Waals surface area (Å²) in [6, 6.07) is 6.03. The molecular formula is C12H14MnO4. The standard InChI is InChI=1S/C12H14O4.Mn/c1-2-3-8-16-12(15)10-7-5-4-6-9(10)11(13)14;/h4-7H,2-3,8H2,1H3,(H,13,14);. The van der Waals surface area contributed by atoms with E-state index in [4.69, 9.17) is 9.84 Å². The molecule has 0 saturated heterocycles. The quantitative estimate of drug-likeness (QED) is 0.509. The van der Waals surface area contributed by atoms with Gasteiger partial charge in [-0.2, -0.15) is 0 Å². The Morgan fingerprint density at radius 3 is 2.35 bits per heavy atom. The van der Waals surface area contributed by atoms with Gasteiger partial charge in [-0.25, -0.2) is 9.59 Å². The van der Waals surface area contributed by atoms with Crippen molar-refractivity contribution in [1.29, 1.82) is 0 Å². The molecule has 0 aromatic heterocycles. The molecule has 1 rings (SSSR count). The first-order valence-electron chi connectivity index (χ1n) is 5.16. The maximum absolute atomic E-state index is 11.6. The molecule has 5 heteroatoms. The Morgan fingerprint density at radius 1 is 1.24 bits per heavy atom. The van der Waals surface area contributed by atoms with Crippen LogP contribution in [0.25, 0.3) is 0 Å². The normalized spacial score (nSPS) is 9.24. The fraction of sp³-hybridized carbons (Fsp3) is 0.333. The van der Waals surface area contributed by atoms with Crippen LogP contribution in [0, 0.1) is 0 Å². The van der Waals surface area contributed by atoms with E-state index in [1.165, 1.54) is 12.1 Å². The average molecular weight is 277 g/mol. The smallest absolute Gasteiger partial charge is 0.339 e. The first-order chi connectivity index (χ1) is 7.66. The summed E-state index contributed by atoms with van der Waals surface area (Å²) < 4.78 is 4.96. The van der Waals surface area contributed by atoms with Crippen molar-refractivity contribution in [2.75, 3.05) is 6.61 Å². The number of unbranched alkanes of at least 4 members (excludes halogenated alkanes) is 1. The Kier molecular flexibility index (Phi) is 7.26. The summed E-state index contributed by atoms with van der Waals surface area (Å²) in [7, 11) is 0. The van der Waals surface area contributed by atoms with Gasteiger partial charge in [0, 0.05) is 17.1 Å². The van der Waals surface area contributed by atoms with Crippen molar-refractivity contribution in [2.45, 2.75) is 19.8 Å². The molecule has 0 bridgehead atoms. The van der Waals surface area contributed by atoms with Crippen LogP contribution in [0.4, 0.5) is 0 Å². The Labute approximate surface area is 110 Å². The third-order valence-electron chi connectivity index (χ3n) is 2.11. The van der Waals surface area contributed by atoms with E-state index in [2.05, 4.69) is 0 Å². The average Bonchev–Trinajstić information content (AvgIpc) is 2.29. The van der Waals surface area contributed by atoms with Crippen molar-refractivity contribution in [3.63, 3.8) is 0 Å². The number of carbonyl (C=O) groups is 2. The van der Waals surface area contributed by atoms with E-state index >= 15 is 0 Å². The van der Waals surface area contributed by atoms with E-state index in [0.29, 0.717) is 6.61 Å². The van der Waals surface area contributed by atoms with Gasteiger partial charge in [-0.15, -0.1) is 0 Å². The van der Waals surface area contributed by atoms with E-state index < -0.39 is 11.9 Å². The van der Waals surface area contributed by atoms with Gasteiger partial charge in [0.25, 0.3) is 0 Å². The molecule has 1 radical (unpaired) electrons. The second-order valence-electron chi connectivity index (χ2n) is 3.34. The zero-order valence-electron chi connectivity index (χ0n) is 9.48. The molecule has 0 aliphatic carbocycles. The third-order valence-corrected chi connectivity index (χ3v) is 2.11. The summed E-state index contributed by atoms with van der Waals surface area (Å²) in [6.45, 7) is 2.31. The third kappa shape index (κ3) is 4.59. The number of benzene rings is 1. The molecule has 1 N–H and O–H groups in total. The minimum atomic E-state index is -1.12. The molecule has 0 atom stereocenters. The summed E-state index contributed by atoms with van der Waals surface area (Å²) in [5.41, 5.74) is 0.0788. The molecule has 0 heterocycles. The summed E-state index contributed by atoms with van der Waals surface area (Å²) in [4.78, 5) is 22.4. The molecule has 0 fully saturated rings. The van der Waals surface area contributed by atoms with Crippen LogP contribution in [0.1, 0.15) is 40.5 Å². The molecule has 0 unspecified atom stereocenters. The van der Waals surface area contributed by atoms with E-state index in [1.807, 2.05) is 6.92 Å². The van der Waals surface area contributed by atoms with Gasteiger partial charge in [0.1, 0.15) is 0 Å². The Balaban J connectivity index is 0.00000256. The zero-order valence-corrected chi connectivity index (χ0v) is 10.7. The van der Waals surface area contributed by atoms with Gasteiger partial charge in [0.05, 0.1) is 17.7 Å². The van der Waals surface area contributed by atoms with Crippen LogP contribution < -0.4 is 0 Å². The number of aromatic carboxylic acids is 1. The molecule has 0 amide bonds. The van der Waals surface area contributed by atoms with Gasteiger partial charge in [0.2, 0.25) is 0 Å². The zero-order chi connectivity index (χ0) is 12.0. The number of rotatable bonds is 5. The van der Waals surface area contributed by atoms with Crippen LogP contribution in [0.15, 0.2) is 24.3 Å². The minimum Gasteiger partial charge on any atom is -0.478 e. The van der Waals surface area contributed by atoms with Gasteiger partial charge in [-0.1, -0.05) is 25.5 Å². The minimum absolute atomic E-state index is 0. The van der Waals surface area contributed by atoms with E-state index in [1.54, 1.807) is 12.1 Å². The second-order valence-corrected chi connectivity index (χ2v) is 3.34. The first-order valence-corrected chi connectivity index (χ1v) is 5.16. The van der Waals surface area contributed by atoms with E-state index in [-0.39, 0.29) is 28.2 Å². The molecule has 0 saturated carbocycles. The number of hydrogen-bond donors (Lipinski definition) is 1. The molecule has 93 valence electrons. The molecule has 17 heavy (non-hydrogen) atoms. The number of ether oxygens (including phenoxy) is 1. The second kappa shape index (κ2) is 7.87. The maximum atomic E-state index is 11.6. The SMILES string of the molecule is CCCCOC(=O)c1ccccc1C(=O)O.[Mn]. The topological polar surface area (TPSA) is 63.6 Å². The van der Waals surface area contributed by atoms with Crippen LogP contribution in [0.5, 0.6) is 0 Å². The summed E-state index contributed by atoms with van der Waals surface area (Å²) in [5, 5.41) is 8.88. The van der Waals surface area contributed by atoms with Gasteiger partial charge in [-0.05, 0) is 18.6 Å². The molecule has 0 spiro atoms. The Bertz CT molecular complexity index is 390. The number of hydrogen-bond acceptors (Lipinski definition) is 3. The van der Waals surface area contributed by atoms with Crippen molar-refractivity contribution in [3.8, 4) is 0 Å². The summed E-state index contributed by atoms with van der Waals surface area (Å²) in [5.74, 6) is -1.70.